The van der Waals surface area contributed by atoms with Gasteiger partial charge in [0.2, 0.25) is 5.82 Å². The molecule has 1 amide bonds. The van der Waals surface area contributed by atoms with Crippen LogP contribution in [0.5, 0.6) is 0 Å². The molecule has 4 aromatic rings. The van der Waals surface area contributed by atoms with Gasteiger partial charge in [-0.1, -0.05) is 11.2 Å². The summed E-state index contributed by atoms with van der Waals surface area (Å²) in [6, 6.07) is 13.5. The highest BCUT2D eigenvalue weighted by atomic mass is 16.6. The van der Waals surface area contributed by atoms with E-state index < -0.39 is 16.8 Å². The van der Waals surface area contributed by atoms with E-state index in [4.69, 9.17) is 13.7 Å². The van der Waals surface area contributed by atoms with Gasteiger partial charge in [0.1, 0.15) is 0 Å². The fourth-order valence-corrected chi connectivity index (χ4v) is 2.85. The summed E-state index contributed by atoms with van der Waals surface area (Å²) in [5.74, 6) is -0.705. The second-order valence-electron chi connectivity index (χ2n) is 6.85. The molecule has 0 saturated carbocycles. The number of benzene rings is 2. The van der Waals surface area contributed by atoms with Crippen LogP contribution in [0.25, 0.3) is 11.4 Å². The Labute approximate surface area is 186 Å². The zero-order chi connectivity index (χ0) is 23.4. The van der Waals surface area contributed by atoms with E-state index in [9.17, 15) is 19.7 Å². The van der Waals surface area contributed by atoms with Gasteiger partial charge in [0.25, 0.3) is 17.5 Å². The van der Waals surface area contributed by atoms with Crippen molar-refractivity contribution in [2.75, 3.05) is 5.32 Å². The Kier molecular flexibility index (Phi) is 5.94. The quantitative estimate of drug-likeness (QED) is 0.250. The standard InChI is InChI=1S/C22H16N4O7/c1-13-4-5-15(11-17(13)23-21(27)18-3-2-10-31-18)22(28)32-12-19-24-20(25-33-19)14-6-8-16(9-7-14)26(29)30/h2-11H,12H2,1H3,(H,23,27). The normalized spacial score (nSPS) is 10.6. The maximum absolute atomic E-state index is 12.5. The molecule has 0 unspecified atom stereocenters. The van der Waals surface area contributed by atoms with E-state index >= 15 is 0 Å². The Morgan fingerprint density at radius 3 is 2.64 bits per heavy atom. The first-order chi connectivity index (χ1) is 15.9. The van der Waals surface area contributed by atoms with Crippen LogP contribution >= 0.6 is 0 Å². The monoisotopic (exact) mass is 448 g/mol. The van der Waals surface area contributed by atoms with Crippen LogP contribution in [0.4, 0.5) is 11.4 Å². The molecular weight excluding hydrogens is 432 g/mol. The molecule has 1 N–H and O–H groups in total. The summed E-state index contributed by atoms with van der Waals surface area (Å²) >= 11 is 0. The summed E-state index contributed by atoms with van der Waals surface area (Å²) in [5.41, 5.74) is 1.84. The van der Waals surface area contributed by atoms with Crippen LogP contribution in [0.2, 0.25) is 0 Å². The molecule has 2 heterocycles. The van der Waals surface area contributed by atoms with Crippen LogP contribution in [0.1, 0.15) is 32.4 Å². The Hall–Kier alpha value is -4.80. The van der Waals surface area contributed by atoms with E-state index in [2.05, 4.69) is 15.5 Å². The van der Waals surface area contributed by atoms with E-state index in [0.29, 0.717) is 11.3 Å². The van der Waals surface area contributed by atoms with Crippen molar-refractivity contribution in [1.29, 1.82) is 0 Å². The molecule has 0 aliphatic carbocycles. The van der Waals surface area contributed by atoms with Crippen molar-refractivity contribution in [3.63, 3.8) is 0 Å². The van der Waals surface area contributed by atoms with Gasteiger partial charge >= 0.3 is 5.97 Å². The minimum absolute atomic E-state index is 0.0511. The van der Waals surface area contributed by atoms with Crippen LogP contribution < -0.4 is 5.32 Å². The number of nitro groups is 1. The topological polar surface area (TPSA) is 151 Å². The van der Waals surface area contributed by atoms with E-state index in [-0.39, 0.29) is 35.3 Å². The lowest BCUT2D eigenvalue weighted by atomic mass is 10.1. The van der Waals surface area contributed by atoms with Crippen molar-refractivity contribution >= 4 is 23.3 Å². The van der Waals surface area contributed by atoms with Crippen LogP contribution in [-0.4, -0.2) is 26.9 Å². The highest BCUT2D eigenvalue weighted by molar-refractivity contribution is 6.03. The number of nitrogens with zero attached hydrogens (tertiary/aromatic N) is 3. The number of hydrogen-bond acceptors (Lipinski definition) is 9. The molecule has 0 radical (unpaired) electrons. The summed E-state index contributed by atoms with van der Waals surface area (Å²) in [7, 11) is 0. The number of carbonyl (C=O) groups excluding carboxylic acids is 2. The number of amides is 1. The minimum atomic E-state index is -0.654. The van der Waals surface area contributed by atoms with Crippen LogP contribution in [-0.2, 0) is 11.3 Å². The van der Waals surface area contributed by atoms with E-state index in [1.54, 1.807) is 25.1 Å². The van der Waals surface area contributed by atoms with Crippen molar-refractivity contribution in [1.82, 2.24) is 10.1 Å². The molecule has 2 aromatic heterocycles. The van der Waals surface area contributed by atoms with Gasteiger partial charge in [0.15, 0.2) is 12.4 Å². The van der Waals surface area contributed by atoms with Crippen LogP contribution in [0, 0.1) is 17.0 Å². The van der Waals surface area contributed by atoms with Gasteiger partial charge in [-0.05, 0) is 48.9 Å². The number of nitrogens with one attached hydrogen (secondary N) is 1. The van der Waals surface area contributed by atoms with Crippen molar-refractivity contribution in [3.05, 3.63) is 93.8 Å². The molecule has 0 bridgehead atoms. The van der Waals surface area contributed by atoms with Gasteiger partial charge in [-0.3, -0.25) is 14.9 Å². The molecule has 11 heteroatoms. The molecular formula is C22H16N4O7. The number of aromatic nitrogens is 2. The predicted octanol–water partition coefficient (Wildman–Crippen LogP) is 4.16. The average molecular weight is 448 g/mol. The number of anilines is 1. The summed E-state index contributed by atoms with van der Waals surface area (Å²) in [5, 5.41) is 17.2. The van der Waals surface area contributed by atoms with Gasteiger partial charge in [-0.25, -0.2) is 4.79 Å². The fourth-order valence-electron chi connectivity index (χ4n) is 2.85. The first kappa shape index (κ1) is 21.4. The molecule has 33 heavy (non-hydrogen) atoms. The van der Waals surface area contributed by atoms with Gasteiger partial charge in [0.05, 0.1) is 16.7 Å². The number of hydrogen-bond donors (Lipinski definition) is 1. The lowest BCUT2D eigenvalue weighted by molar-refractivity contribution is -0.384. The molecule has 0 spiro atoms. The third-order valence-corrected chi connectivity index (χ3v) is 4.60. The predicted molar refractivity (Wildman–Crippen MR) is 113 cm³/mol. The maximum Gasteiger partial charge on any atom is 0.338 e. The van der Waals surface area contributed by atoms with Crippen molar-refractivity contribution in [3.8, 4) is 11.4 Å². The molecule has 4 rings (SSSR count). The number of rotatable bonds is 7. The summed E-state index contributed by atoms with van der Waals surface area (Å²) < 4.78 is 15.4. The second-order valence-corrected chi connectivity index (χ2v) is 6.85. The maximum atomic E-state index is 12.5. The van der Waals surface area contributed by atoms with Gasteiger partial charge in [-0.15, -0.1) is 0 Å². The first-order valence-corrected chi connectivity index (χ1v) is 9.61. The number of esters is 1. The molecule has 0 atom stereocenters. The number of ether oxygens (including phenoxy) is 1. The number of nitro benzene ring substituents is 1. The van der Waals surface area contributed by atoms with Crippen LogP contribution in [0.3, 0.4) is 0 Å². The molecule has 11 nitrogen and oxygen atoms in total. The smallest absolute Gasteiger partial charge is 0.338 e. The lowest BCUT2D eigenvalue weighted by Gasteiger charge is -2.09. The van der Waals surface area contributed by atoms with E-state index in [0.717, 1.165) is 5.56 Å². The fraction of sp³-hybridized carbons (Fsp3) is 0.0909. The molecule has 0 fully saturated rings. The molecule has 0 saturated heterocycles. The SMILES string of the molecule is Cc1ccc(C(=O)OCc2nc(-c3ccc([N+](=O)[O-])cc3)no2)cc1NC(=O)c1ccco1. The van der Waals surface area contributed by atoms with Crippen LogP contribution in [0.15, 0.2) is 69.8 Å². The zero-order valence-corrected chi connectivity index (χ0v) is 17.2. The third kappa shape index (κ3) is 4.93. The Balaban J connectivity index is 1.40. The molecule has 0 aliphatic heterocycles. The van der Waals surface area contributed by atoms with Crippen molar-refractivity contribution in [2.45, 2.75) is 13.5 Å². The average Bonchev–Trinajstić information content (AvgIpc) is 3.51. The first-order valence-electron chi connectivity index (χ1n) is 9.61. The number of non-ortho nitro benzene ring substituents is 1. The van der Waals surface area contributed by atoms with Crippen molar-refractivity contribution < 1.29 is 28.2 Å². The Bertz CT molecular complexity index is 1310. The summed E-state index contributed by atoms with van der Waals surface area (Å²) in [4.78, 5) is 39.0. The second kappa shape index (κ2) is 9.14. The third-order valence-electron chi connectivity index (χ3n) is 4.60. The number of aryl methyl sites for hydroxylation is 1. The van der Waals surface area contributed by atoms with Gasteiger partial charge in [0, 0.05) is 23.4 Å². The summed E-state index contributed by atoms with van der Waals surface area (Å²) in [6.07, 6.45) is 1.39. The minimum Gasteiger partial charge on any atom is -0.459 e. The number of carbonyl (C=O) groups is 2. The lowest BCUT2D eigenvalue weighted by Crippen LogP contribution is -2.13. The van der Waals surface area contributed by atoms with E-state index in [1.807, 2.05) is 0 Å². The van der Waals surface area contributed by atoms with Gasteiger partial charge in [-0.2, -0.15) is 4.98 Å². The Morgan fingerprint density at radius 2 is 1.94 bits per heavy atom. The molecule has 0 aliphatic rings. The molecule has 166 valence electrons. The largest absolute Gasteiger partial charge is 0.459 e. The van der Waals surface area contributed by atoms with Crippen molar-refractivity contribution in [2.24, 2.45) is 0 Å². The van der Waals surface area contributed by atoms with Gasteiger partial charge < -0.3 is 19.0 Å². The molecule has 2 aromatic carbocycles. The highest BCUT2D eigenvalue weighted by Gasteiger charge is 2.16. The number of furan rings is 1. The highest BCUT2D eigenvalue weighted by Crippen LogP contribution is 2.21. The van der Waals surface area contributed by atoms with E-state index in [1.165, 1.54) is 42.7 Å². The summed E-state index contributed by atoms with van der Waals surface area (Å²) in [6.45, 7) is 1.51. The zero-order valence-electron chi connectivity index (χ0n) is 17.2. The Morgan fingerprint density at radius 1 is 1.15 bits per heavy atom.